The topological polar surface area (TPSA) is 52.0 Å². The largest absolute Gasteiger partial charge is 0.444 e. The van der Waals surface area contributed by atoms with Gasteiger partial charge in [0.05, 0.1) is 12.2 Å². The Hall–Kier alpha value is -0.480. The molecular weight excluding hydrogens is 196 g/mol. The fraction of sp³-hybridized carbons (Fsp3) is 0.700. The average molecular weight is 212 g/mol. The molecule has 2 heterocycles. The van der Waals surface area contributed by atoms with Gasteiger partial charge in [0.1, 0.15) is 5.76 Å². The van der Waals surface area contributed by atoms with Crippen molar-refractivity contribution in [3.8, 4) is 0 Å². The number of rotatable bonds is 2. The van der Waals surface area contributed by atoms with Gasteiger partial charge in [-0.15, -0.1) is 0 Å². The van der Waals surface area contributed by atoms with Crippen molar-refractivity contribution in [3.63, 3.8) is 0 Å². The molecule has 0 amide bonds. The molecule has 0 bridgehead atoms. The van der Waals surface area contributed by atoms with Crippen LogP contribution in [0.3, 0.4) is 0 Å². The second kappa shape index (κ2) is 4.36. The molecule has 2 N–H and O–H groups in total. The summed E-state index contributed by atoms with van der Waals surface area (Å²) >= 11 is 1.98. The molecule has 0 aromatic carbocycles. The Morgan fingerprint density at radius 1 is 1.71 bits per heavy atom. The zero-order valence-corrected chi connectivity index (χ0v) is 9.22. The third-order valence-corrected chi connectivity index (χ3v) is 3.72. The van der Waals surface area contributed by atoms with Crippen LogP contribution in [0.25, 0.3) is 0 Å². The molecule has 2 unspecified atom stereocenters. The first-order valence-electron chi connectivity index (χ1n) is 5.06. The van der Waals surface area contributed by atoms with E-state index >= 15 is 0 Å². The summed E-state index contributed by atoms with van der Waals surface area (Å²) in [7, 11) is 0. The maximum atomic E-state index is 5.72. The standard InChI is InChI=1S/C10H16N2OS/c1-7(11)9-5-12-10(13-9)8-3-2-4-14-6-8/h5,7-8H,2-4,6,11H2,1H3. The minimum atomic E-state index is -0.0486. The third-order valence-electron chi connectivity index (χ3n) is 2.50. The Labute approximate surface area is 88.5 Å². The second-order valence-electron chi connectivity index (χ2n) is 3.80. The van der Waals surface area contributed by atoms with Gasteiger partial charge in [-0.3, -0.25) is 0 Å². The van der Waals surface area contributed by atoms with Crippen LogP contribution in [0.2, 0.25) is 0 Å². The van der Waals surface area contributed by atoms with E-state index in [0.29, 0.717) is 5.92 Å². The lowest BCUT2D eigenvalue weighted by Crippen LogP contribution is -2.08. The summed E-state index contributed by atoms with van der Waals surface area (Å²) in [5, 5.41) is 0. The van der Waals surface area contributed by atoms with Crippen LogP contribution < -0.4 is 5.73 Å². The summed E-state index contributed by atoms with van der Waals surface area (Å²) in [5.41, 5.74) is 5.72. The summed E-state index contributed by atoms with van der Waals surface area (Å²) in [5.74, 6) is 4.59. The van der Waals surface area contributed by atoms with E-state index in [0.717, 1.165) is 17.4 Å². The summed E-state index contributed by atoms with van der Waals surface area (Å²) in [4.78, 5) is 4.30. The molecular formula is C10H16N2OS. The molecule has 14 heavy (non-hydrogen) atoms. The first-order valence-corrected chi connectivity index (χ1v) is 6.22. The molecule has 2 atom stereocenters. The quantitative estimate of drug-likeness (QED) is 0.817. The third kappa shape index (κ3) is 2.12. The SMILES string of the molecule is CC(N)c1cnc(C2CCCSC2)o1. The number of oxazole rings is 1. The fourth-order valence-corrected chi connectivity index (χ4v) is 2.77. The minimum absolute atomic E-state index is 0.0486. The molecule has 0 saturated carbocycles. The van der Waals surface area contributed by atoms with Crippen molar-refractivity contribution in [3.05, 3.63) is 17.8 Å². The predicted molar refractivity (Wildman–Crippen MR) is 58.4 cm³/mol. The van der Waals surface area contributed by atoms with Crippen molar-refractivity contribution in [2.45, 2.75) is 31.7 Å². The van der Waals surface area contributed by atoms with E-state index in [2.05, 4.69) is 4.98 Å². The van der Waals surface area contributed by atoms with E-state index < -0.39 is 0 Å². The molecule has 1 fully saturated rings. The zero-order chi connectivity index (χ0) is 9.97. The highest BCUT2D eigenvalue weighted by molar-refractivity contribution is 7.99. The van der Waals surface area contributed by atoms with E-state index in [1.165, 1.54) is 18.6 Å². The highest BCUT2D eigenvalue weighted by Crippen LogP contribution is 2.31. The van der Waals surface area contributed by atoms with Crippen LogP contribution in [0.4, 0.5) is 0 Å². The van der Waals surface area contributed by atoms with Gasteiger partial charge in [0.25, 0.3) is 0 Å². The Morgan fingerprint density at radius 3 is 3.14 bits per heavy atom. The lowest BCUT2D eigenvalue weighted by Gasteiger charge is -2.17. The lowest BCUT2D eigenvalue weighted by atomic mass is 10.1. The normalized spacial score (nSPS) is 24.9. The maximum absolute atomic E-state index is 5.72. The molecule has 0 aliphatic carbocycles. The van der Waals surface area contributed by atoms with Gasteiger partial charge in [-0.05, 0) is 25.5 Å². The van der Waals surface area contributed by atoms with Crippen LogP contribution >= 0.6 is 11.8 Å². The van der Waals surface area contributed by atoms with E-state index in [1.54, 1.807) is 6.20 Å². The van der Waals surface area contributed by atoms with Gasteiger partial charge in [0, 0.05) is 11.7 Å². The first kappa shape index (κ1) is 10.1. The summed E-state index contributed by atoms with van der Waals surface area (Å²) in [6, 6.07) is -0.0486. The van der Waals surface area contributed by atoms with Crippen molar-refractivity contribution in [2.75, 3.05) is 11.5 Å². The molecule has 1 aliphatic heterocycles. The Kier molecular flexibility index (Phi) is 3.13. The molecule has 3 nitrogen and oxygen atoms in total. The van der Waals surface area contributed by atoms with Crippen molar-refractivity contribution >= 4 is 11.8 Å². The number of aromatic nitrogens is 1. The zero-order valence-electron chi connectivity index (χ0n) is 8.40. The fourth-order valence-electron chi connectivity index (χ4n) is 1.64. The monoisotopic (exact) mass is 212 g/mol. The van der Waals surface area contributed by atoms with E-state index in [9.17, 15) is 0 Å². The van der Waals surface area contributed by atoms with Crippen molar-refractivity contribution in [1.29, 1.82) is 0 Å². The molecule has 4 heteroatoms. The molecule has 1 saturated heterocycles. The molecule has 1 aromatic heterocycles. The Bertz CT molecular complexity index is 292. The second-order valence-corrected chi connectivity index (χ2v) is 4.95. The van der Waals surface area contributed by atoms with Gasteiger partial charge in [-0.25, -0.2) is 4.98 Å². The predicted octanol–water partition coefficient (Wildman–Crippen LogP) is 2.30. The van der Waals surface area contributed by atoms with Gasteiger partial charge >= 0.3 is 0 Å². The first-order chi connectivity index (χ1) is 6.77. The minimum Gasteiger partial charge on any atom is -0.444 e. The molecule has 2 rings (SSSR count). The summed E-state index contributed by atoms with van der Waals surface area (Å²) in [6.45, 7) is 1.92. The highest BCUT2D eigenvalue weighted by atomic mass is 32.2. The van der Waals surface area contributed by atoms with Crippen LogP contribution in [-0.2, 0) is 0 Å². The van der Waals surface area contributed by atoms with Gasteiger partial charge in [0.2, 0.25) is 0 Å². The van der Waals surface area contributed by atoms with Crippen LogP contribution in [0, 0.1) is 0 Å². The molecule has 78 valence electrons. The van der Waals surface area contributed by atoms with Crippen LogP contribution in [0.15, 0.2) is 10.6 Å². The Balaban J connectivity index is 2.07. The van der Waals surface area contributed by atoms with E-state index in [4.69, 9.17) is 10.2 Å². The summed E-state index contributed by atoms with van der Waals surface area (Å²) < 4.78 is 5.64. The van der Waals surface area contributed by atoms with Crippen LogP contribution in [-0.4, -0.2) is 16.5 Å². The van der Waals surface area contributed by atoms with Gasteiger partial charge < -0.3 is 10.2 Å². The number of nitrogens with two attached hydrogens (primary N) is 1. The van der Waals surface area contributed by atoms with Crippen molar-refractivity contribution in [1.82, 2.24) is 4.98 Å². The van der Waals surface area contributed by atoms with E-state index in [-0.39, 0.29) is 6.04 Å². The number of thioether (sulfide) groups is 1. The summed E-state index contributed by atoms with van der Waals surface area (Å²) in [6.07, 6.45) is 4.23. The molecule has 0 spiro atoms. The molecule has 1 aliphatic rings. The lowest BCUT2D eigenvalue weighted by molar-refractivity contribution is 0.402. The van der Waals surface area contributed by atoms with Crippen LogP contribution in [0.5, 0.6) is 0 Å². The number of hydrogen-bond donors (Lipinski definition) is 1. The van der Waals surface area contributed by atoms with Crippen molar-refractivity contribution < 1.29 is 4.42 Å². The highest BCUT2D eigenvalue weighted by Gasteiger charge is 2.21. The van der Waals surface area contributed by atoms with E-state index in [1.807, 2.05) is 18.7 Å². The average Bonchev–Trinajstić information content (AvgIpc) is 2.68. The van der Waals surface area contributed by atoms with Gasteiger partial charge in [-0.1, -0.05) is 0 Å². The number of nitrogens with zero attached hydrogens (tertiary/aromatic N) is 1. The number of hydrogen-bond acceptors (Lipinski definition) is 4. The van der Waals surface area contributed by atoms with Gasteiger partial charge in [-0.2, -0.15) is 11.8 Å². The van der Waals surface area contributed by atoms with Gasteiger partial charge in [0.15, 0.2) is 5.89 Å². The maximum Gasteiger partial charge on any atom is 0.198 e. The smallest absolute Gasteiger partial charge is 0.198 e. The van der Waals surface area contributed by atoms with Crippen molar-refractivity contribution in [2.24, 2.45) is 5.73 Å². The molecule has 0 radical (unpaired) electrons. The molecule has 1 aromatic rings. The Morgan fingerprint density at radius 2 is 2.57 bits per heavy atom. The van der Waals surface area contributed by atoms with Crippen LogP contribution in [0.1, 0.15) is 43.4 Å².